The lowest BCUT2D eigenvalue weighted by Gasteiger charge is -2.34. The quantitative estimate of drug-likeness (QED) is 0.627. The van der Waals surface area contributed by atoms with Gasteiger partial charge in [0.05, 0.1) is 19.1 Å². The summed E-state index contributed by atoms with van der Waals surface area (Å²) in [5, 5.41) is 10.8. The molecule has 3 aliphatic heterocycles. The van der Waals surface area contributed by atoms with E-state index in [4.69, 9.17) is 18.9 Å². The van der Waals surface area contributed by atoms with Gasteiger partial charge in [-0.25, -0.2) is 0 Å². The monoisotopic (exact) mass is 448 g/mol. The Morgan fingerprint density at radius 3 is 2.45 bits per heavy atom. The van der Waals surface area contributed by atoms with E-state index < -0.39 is 17.3 Å². The molecular formula is C27H28O6. The molecule has 0 aliphatic carbocycles. The van der Waals surface area contributed by atoms with E-state index >= 15 is 0 Å². The minimum absolute atomic E-state index is 0.0834. The summed E-state index contributed by atoms with van der Waals surface area (Å²) in [6.45, 7) is 9.60. The van der Waals surface area contributed by atoms with E-state index in [1.54, 1.807) is 14.0 Å². The van der Waals surface area contributed by atoms with Crippen LogP contribution in [0.3, 0.4) is 0 Å². The summed E-state index contributed by atoms with van der Waals surface area (Å²) in [7, 11) is 1.59. The third-order valence-corrected chi connectivity index (χ3v) is 6.32. The lowest BCUT2D eigenvalue weighted by atomic mass is 9.88. The number of carbonyl (C=O) groups excluding carboxylic acids is 1. The lowest BCUT2D eigenvalue weighted by molar-refractivity contribution is 0.0837. The standard InChI is InChI=1S/C27H28O6/c1-14-23(29)22-18(28)12-21(31-25(22)16-8-10-27(4,5)33-24(14)16)17-11-15-7-9-26(2,3)32-19(15)13-20(17)30-6/h7-11,13,21,29H,12H2,1-6H3. The molecule has 1 unspecified atom stereocenters. The number of aromatic hydroxyl groups is 1. The molecule has 1 N–H and O–H groups in total. The molecule has 2 aromatic carbocycles. The Morgan fingerprint density at radius 1 is 1.03 bits per heavy atom. The molecule has 172 valence electrons. The highest BCUT2D eigenvalue weighted by molar-refractivity contribution is 6.05. The SMILES string of the molecule is COc1cc2c(cc1C1CC(=O)c3c(O)c(C)c4c(c3O1)C=CC(C)(C)O4)C=CC(C)(C)O2. The largest absolute Gasteiger partial charge is 0.507 e. The van der Waals surface area contributed by atoms with Crippen molar-refractivity contribution in [3.8, 4) is 28.7 Å². The molecular weight excluding hydrogens is 420 g/mol. The number of rotatable bonds is 2. The average Bonchev–Trinajstić information content (AvgIpc) is 2.74. The minimum atomic E-state index is -0.580. The molecule has 0 radical (unpaired) electrons. The van der Waals surface area contributed by atoms with Crippen molar-refractivity contribution in [2.75, 3.05) is 7.11 Å². The van der Waals surface area contributed by atoms with Gasteiger partial charge in [0, 0.05) is 22.8 Å². The number of phenolic OH excluding ortho intramolecular Hbond substituents is 1. The van der Waals surface area contributed by atoms with E-state index in [0.717, 1.165) is 16.9 Å². The van der Waals surface area contributed by atoms with E-state index in [9.17, 15) is 9.90 Å². The summed E-state index contributed by atoms with van der Waals surface area (Å²) in [5.41, 5.74) is 2.11. The molecule has 6 heteroatoms. The highest BCUT2D eigenvalue weighted by Gasteiger charge is 2.38. The van der Waals surface area contributed by atoms with Crippen LogP contribution in [-0.2, 0) is 0 Å². The first-order chi connectivity index (χ1) is 15.5. The van der Waals surface area contributed by atoms with Crippen molar-refractivity contribution < 1.29 is 28.8 Å². The number of ketones is 1. The zero-order valence-electron chi connectivity index (χ0n) is 19.7. The maximum Gasteiger partial charge on any atom is 0.174 e. The van der Waals surface area contributed by atoms with Gasteiger partial charge in [-0.15, -0.1) is 0 Å². The predicted molar refractivity (Wildman–Crippen MR) is 126 cm³/mol. The number of Topliss-reactive ketones (excluding diaryl/α,β-unsaturated/α-hetero) is 1. The van der Waals surface area contributed by atoms with Crippen molar-refractivity contribution in [3.05, 3.63) is 52.1 Å². The fraction of sp³-hybridized carbons (Fsp3) is 0.370. The highest BCUT2D eigenvalue weighted by Crippen LogP contribution is 2.52. The normalized spacial score (nSPS) is 21.2. The van der Waals surface area contributed by atoms with Gasteiger partial charge in [0.1, 0.15) is 51.6 Å². The maximum atomic E-state index is 13.2. The van der Waals surface area contributed by atoms with Gasteiger partial charge in [0.15, 0.2) is 5.78 Å². The Kier molecular flexibility index (Phi) is 4.57. The van der Waals surface area contributed by atoms with E-state index in [0.29, 0.717) is 28.4 Å². The Labute approximate surface area is 193 Å². The molecule has 3 heterocycles. The van der Waals surface area contributed by atoms with Crippen LogP contribution in [0.2, 0.25) is 0 Å². The highest BCUT2D eigenvalue weighted by atomic mass is 16.5. The number of carbonyl (C=O) groups is 1. The third-order valence-electron chi connectivity index (χ3n) is 6.32. The number of hydrogen-bond acceptors (Lipinski definition) is 6. The van der Waals surface area contributed by atoms with Gasteiger partial charge in [-0.2, -0.15) is 0 Å². The van der Waals surface area contributed by atoms with Crippen LogP contribution >= 0.6 is 0 Å². The van der Waals surface area contributed by atoms with Crippen molar-refractivity contribution >= 4 is 17.9 Å². The Balaban J connectivity index is 1.62. The molecule has 0 spiro atoms. The molecule has 1 atom stereocenters. The third kappa shape index (κ3) is 3.45. The second-order valence-corrected chi connectivity index (χ2v) is 9.86. The summed E-state index contributed by atoms with van der Waals surface area (Å²) in [6.07, 6.45) is 7.34. The first-order valence-corrected chi connectivity index (χ1v) is 11.1. The van der Waals surface area contributed by atoms with Crippen molar-refractivity contribution in [1.82, 2.24) is 0 Å². The molecule has 0 fully saturated rings. The van der Waals surface area contributed by atoms with E-state index in [2.05, 4.69) is 0 Å². The van der Waals surface area contributed by atoms with Gasteiger partial charge in [0.2, 0.25) is 0 Å². The molecule has 5 rings (SSSR count). The van der Waals surface area contributed by atoms with Crippen molar-refractivity contribution in [3.63, 3.8) is 0 Å². The number of benzene rings is 2. The number of ether oxygens (including phenoxy) is 4. The Bertz CT molecular complexity index is 1250. The smallest absolute Gasteiger partial charge is 0.174 e. The predicted octanol–water partition coefficient (Wildman–Crippen LogP) is 5.78. The average molecular weight is 449 g/mol. The number of phenols is 1. The lowest BCUT2D eigenvalue weighted by Crippen LogP contribution is -2.30. The van der Waals surface area contributed by atoms with E-state index in [1.165, 1.54) is 0 Å². The van der Waals surface area contributed by atoms with Gasteiger partial charge in [-0.3, -0.25) is 4.79 Å². The van der Waals surface area contributed by atoms with Crippen LogP contribution in [-0.4, -0.2) is 29.2 Å². The zero-order valence-corrected chi connectivity index (χ0v) is 19.7. The second kappa shape index (κ2) is 7.04. The number of fused-ring (bicyclic) bond motifs is 4. The van der Waals surface area contributed by atoms with E-state index in [1.807, 2.05) is 64.1 Å². The number of hydrogen-bond donors (Lipinski definition) is 1. The Morgan fingerprint density at radius 2 is 1.73 bits per heavy atom. The van der Waals surface area contributed by atoms with Crippen molar-refractivity contribution in [1.29, 1.82) is 0 Å². The van der Waals surface area contributed by atoms with Crippen LogP contribution < -0.4 is 18.9 Å². The fourth-order valence-electron chi connectivity index (χ4n) is 4.57. The maximum absolute atomic E-state index is 13.2. The Hall–Kier alpha value is -3.41. The topological polar surface area (TPSA) is 74.2 Å². The summed E-state index contributed by atoms with van der Waals surface area (Å²) in [5.74, 6) is 1.90. The van der Waals surface area contributed by atoms with Crippen LogP contribution in [0.25, 0.3) is 12.2 Å². The van der Waals surface area contributed by atoms with Crippen molar-refractivity contribution in [2.24, 2.45) is 0 Å². The molecule has 2 aromatic rings. The van der Waals surface area contributed by atoms with Crippen LogP contribution in [0.15, 0.2) is 24.3 Å². The molecule has 3 aliphatic rings. The molecule has 0 bridgehead atoms. The van der Waals surface area contributed by atoms with Gasteiger partial charge < -0.3 is 24.1 Å². The molecule has 0 saturated heterocycles. The first-order valence-electron chi connectivity index (χ1n) is 11.1. The van der Waals surface area contributed by atoms with E-state index in [-0.39, 0.29) is 23.5 Å². The molecule has 0 aromatic heterocycles. The fourth-order valence-corrected chi connectivity index (χ4v) is 4.57. The molecule has 0 amide bonds. The summed E-state index contributed by atoms with van der Waals surface area (Å²) in [6, 6.07) is 3.78. The summed E-state index contributed by atoms with van der Waals surface area (Å²) in [4.78, 5) is 13.2. The van der Waals surface area contributed by atoms with Crippen LogP contribution in [0.4, 0.5) is 0 Å². The van der Waals surface area contributed by atoms with Crippen LogP contribution in [0.1, 0.15) is 72.8 Å². The number of methoxy groups -OCH3 is 1. The second-order valence-electron chi connectivity index (χ2n) is 9.86. The van der Waals surface area contributed by atoms with Gasteiger partial charge in [-0.05, 0) is 58.9 Å². The van der Waals surface area contributed by atoms with Gasteiger partial charge >= 0.3 is 0 Å². The van der Waals surface area contributed by atoms with Crippen LogP contribution in [0, 0.1) is 6.92 Å². The molecule has 0 saturated carbocycles. The zero-order chi connectivity index (χ0) is 23.7. The summed E-state index contributed by atoms with van der Waals surface area (Å²) >= 11 is 0. The molecule has 33 heavy (non-hydrogen) atoms. The first kappa shape index (κ1) is 21.4. The van der Waals surface area contributed by atoms with Crippen molar-refractivity contribution in [2.45, 2.75) is 58.3 Å². The summed E-state index contributed by atoms with van der Waals surface area (Å²) < 4.78 is 24.3. The minimum Gasteiger partial charge on any atom is -0.507 e. The van der Waals surface area contributed by atoms with Crippen LogP contribution in [0.5, 0.6) is 28.7 Å². The van der Waals surface area contributed by atoms with Gasteiger partial charge in [-0.1, -0.05) is 6.08 Å². The molecule has 6 nitrogen and oxygen atoms in total. The van der Waals surface area contributed by atoms with Gasteiger partial charge in [0.25, 0.3) is 0 Å².